The second-order valence-corrected chi connectivity index (χ2v) is 5.58. The van der Waals surface area contributed by atoms with Crippen LogP contribution < -0.4 is 0 Å². The Morgan fingerprint density at radius 1 is 1.47 bits per heavy atom. The Hall–Kier alpha value is -0.450. The molecule has 0 aromatic rings. The quantitative estimate of drug-likeness (QED) is 0.551. The number of aliphatic hydroxyl groups is 1. The van der Waals surface area contributed by atoms with Crippen molar-refractivity contribution in [1.29, 1.82) is 0 Å². The zero-order chi connectivity index (χ0) is 12.0. The van der Waals surface area contributed by atoms with Crippen LogP contribution in [0, 0.1) is 17.3 Å². The van der Waals surface area contributed by atoms with E-state index in [1.165, 1.54) is 6.92 Å². The van der Waals surface area contributed by atoms with E-state index >= 15 is 0 Å². The predicted octanol–water partition coefficient (Wildman–Crippen LogP) is 1.48. The van der Waals surface area contributed by atoms with Crippen molar-refractivity contribution in [2.45, 2.75) is 46.3 Å². The summed E-state index contributed by atoms with van der Waals surface area (Å²) in [4.78, 5) is 15.6. The van der Waals surface area contributed by atoms with Crippen LogP contribution in [0.5, 0.6) is 0 Å². The molecular formula is C11H20O4. The van der Waals surface area contributed by atoms with Crippen molar-refractivity contribution in [1.82, 2.24) is 0 Å². The number of ketones is 1. The summed E-state index contributed by atoms with van der Waals surface area (Å²) in [6.07, 6.45) is -0.841. The van der Waals surface area contributed by atoms with E-state index in [0.29, 0.717) is 0 Å². The zero-order valence-corrected chi connectivity index (χ0v) is 9.94. The SMILES string of the molecule is CC(=O)[C@H]1[C@H](C(O)C(C)(C)OO)C1(C)C. The number of hydrogen-bond acceptors (Lipinski definition) is 4. The summed E-state index contributed by atoms with van der Waals surface area (Å²) in [5.74, 6) is -0.197. The van der Waals surface area contributed by atoms with Crippen LogP contribution in [0.4, 0.5) is 0 Å². The summed E-state index contributed by atoms with van der Waals surface area (Å²) >= 11 is 0. The van der Waals surface area contributed by atoms with E-state index in [4.69, 9.17) is 5.26 Å². The fourth-order valence-electron chi connectivity index (χ4n) is 2.53. The van der Waals surface area contributed by atoms with Gasteiger partial charge in [-0.1, -0.05) is 13.8 Å². The van der Waals surface area contributed by atoms with E-state index < -0.39 is 11.7 Å². The zero-order valence-electron chi connectivity index (χ0n) is 9.94. The Bertz CT molecular complexity index is 270. The maximum absolute atomic E-state index is 11.3. The second kappa shape index (κ2) is 3.54. The van der Waals surface area contributed by atoms with E-state index in [2.05, 4.69) is 4.89 Å². The van der Waals surface area contributed by atoms with Crippen LogP contribution in [0.25, 0.3) is 0 Å². The van der Waals surface area contributed by atoms with E-state index in [1.807, 2.05) is 13.8 Å². The molecule has 2 N–H and O–H groups in total. The molecule has 1 aliphatic carbocycles. The van der Waals surface area contributed by atoms with Gasteiger partial charge in [0.2, 0.25) is 0 Å². The number of carbonyl (C=O) groups excluding carboxylic acids is 1. The molecule has 0 bridgehead atoms. The molecule has 0 aromatic carbocycles. The lowest BCUT2D eigenvalue weighted by Crippen LogP contribution is -2.41. The van der Waals surface area contributed by atoms with E-state index in [0.717, 1.165) is 0 Å². The fraction of sp³-hybridized carbons (Fsp3) is 0.909. The summed E-state index contributed by atoms with van der Waals surface area (Å²) in [6, 6.07) is 0. The molecule has 0 aromatic heterocycles. The molecule has 0 heterocycles. The summed E-state index contributed by atoms with van der Waals surface area (Å²) in [7, 11) is 0. The van der Waals surface area contributed by atoms with Gasteiger partial charge in [0, 0.05) is 11.8 Å². The van der Waals surface area contributed by atoms with Crippen molar-refractivity contribution in [2.24, 2.45) is 17.3 Å². The van der Waals surface area contributed by atoms with Gasteiger partial charge in [0.15, 0.2) is 0 Å². The summed E-state index contributed by atoms with van der Waals surface area (Å²) in [5.41, 5.74) is -1.24. The monoisotopic (exact) mass is 216 g/mol. The first-order chi connectivity index (χ1) is 6.66. The van der Waals surface area contributed by atoms with Crippen molar-refractivity contribution in [3.05, 3.63) is 0 Å². The first kappa shape index (κ1) is 12.6. The third kappa shape index (κ3) is 1.94. The Morgan fingerprint density at radius 3 is 2.20 bits per heavy atom. The number of Topliss-reactive ketones (excluding diaryl/α,β-unsaturated/α-hetero) is 1. The topological polar surface area (TPSA) is 66.8 Å². The number of rotatable bonds is 4. The van der Waals surface area contributed by atoms with Gasteiger partial charge in [-0.25, -0.2) is 4.89 Å². The minimum atomic E-state index is -1.04. The largest absolute Gasteiger partial charge is 0.390 e. The third-order valence-corrected chi connectivity index (χ3v) is 3.64. The van der Waals surface area contributed by atoms with Crippen LogP contribution in [0.1, 0.15) is 34.6 Å². The third-order valence-electron chi connectivity index (χ3n) is 3.64. The molecule has 0 radical (unpaired) electrons. The average molecular weight is 216 g/mol. The molecule has 4 nitrogen and oxygen atoms in total. The Morgan fingerprint density at radius 2 is 1.93 bits per heavy atom. The minimum Gasteiger partial charge on any atom is -0.390 e. The summed E-state index contributed by atoms with van der Waals surface area (Å²) < 4.78 is 0. The van der Waals surface area contributed by atoms with Crippen molar-refractivity contribution < 1.29 is 20.0 Å². The molecule has 0 spiro atoms. The van der Waals surface area contributed by atoms with E-state index in [1.54, 1.807) is 13.8 Å². The van der Waals surface area contributed by atoms with Gasteiger partial charge in [0.05, 0.1) is 6.10 Å². The molecule has 15 heavy (non-hydrogen) atoms. The molecule has 0 aliphatic heterocycles. The first-order valence-electron chi connectivity index (χ1n) is 5.17. The number of aliphatic hydroxyl groups excluding tert-OH is 1. The predicted molar refractivity (Wildman–Crippen MR) is 55.2 cm³/mol. The highest BCUT2D eigenvalue weighted by Crippen LogP contribution is 2.61. The van der Waals surface area contributed by atoms with Gasteiger partial charge in [0.1, 0.15) is 11.4 Å². The Balaban J connectivity index is 2.80. The molecule has 1 saturated carbocycles. The fourth-order valence-corrected chi connectivity index (χ4v) is 2.53. The lowest BCUT2D eigenvalue weighted by atomic mass is 9.93. The maximum Gasteiger partial charge on any atom is 0.133 e. The van der Waals surface area contributed by atoms with Crippen LogP contribution in [0.3, 0.4) is 0 Å². The lowest BCUT2D eigenvalue weighted by Gasteiger charge is -2.27. The molecule has 1 rings (SSSR count). The average Bonchev–Trinajstić information content (AvgIpc) is 2.67. The van der Waals surface area contributed by atoms with Crippen LogP contribution in [-0.2, 0) is 9.68 Å². The van der Waals surface area contributed by atoms with E-state index in [9.17, 15) is 9.90 Å². The lowest BCUT2D eigenvalue weighted by molar-refractivity contribution is -0.336. The van der Waals surface area contributed by atoms with Crippen molar-refractivity contribution in [2.75, 3.05) is 0 Å². The first-order valence-corrected chi connectivity index (χ1v) is 5.17. The number of carbonyl (C=O) groups is 1. The minimum absolute atomic E-state index is 0.0813. The smallest absolute Gasteiger partial charge is 0.133 e. The summed E-state index contributed by atoms with van der Waals surface area (Å²) in [6.45, 7) is 8.62. The molecule has 1 unspecified atom stereocenters. The Labute approximate surface area is 90.2 Å². The van der Waals surface area contributed by atoms with Gasteiger partial charge in [0.25, 0.3) is 0 Å². The molecule has 1 aliphatic rings. The van der Waals surface area contributed by atoms with Crippen molar-refractivity contribution >= 4 is 5.78 Å². The molecule has 1 fully saturated rings. The second-order valence-electron chi connectivity index (χ2n) is 5.58. The molecule has 4 heteroatoms. The maximum atomic E-state index is 11.3. The summed E-state index contributed by atoms with van der Waals surface area (Å²) in [5, 5.41) is 18.7. The van der Waals surface area contributed by atoms with Crippen LogP contribution in [-0.4, -0.2) is 27.9 Å². The number of hydrogen-bond donors (Lipinski definition) is 2. The standard InChI is InChI=1S/C11H20O4/c1-6(12)7-8(10(7,2)3)9(13)11(4,5)15-14/h7-9,13-14H,1-5H3/t7-,8+,9?/m0/s1. The van der Waals surface area contributed by atoms with Gasteiger partial charge >= 0.3 is 0 Å². The van der Waals surface area contributed by atoms with Gasteiger partial charge in [-0.3, -0.25) is 10.1 Å². The highest BCUT2D eigenvalue weighted by Gasteiger charge is 2.65. The van der Waals surface area contributed by atoms with Gasteiger partial charge in [-0.15, -0.1) is 0 Å². The molecule has 88 valence electrons. The van der Waals surface area contributed by atoms with Crippen LogP contribution in [0.2, 0.25) is 0 Å². The molecule has 3 atom stereocenters. The normalized spacial score (nSPS) is 31.1. The van der Waals surface area contributed by atoms with Gasteiger partial charge in [-0.2, -0.15) is 0 Å². The molecule has 0 saturated heterocycles. The van der Waals surface area contributed by atoms with Crippen molar-refractivity contribution in [3.8, 4) is 0 Å². The van der Waals surface area contributed by atoms with E-state index in [-0.39, 0.29) is 23.0 Å². The van der Waals surface area contributed by atoms with Crippen LogP contribution >= 0.6 is 0 Å². The highest BCUT2D eigenvalue weighted by molar-refractivity contribution is 5.83. The van der Waals surface area contributed by atoms with Crippen LogP contribution in [0.15, 0.2) is 0 Å². The van der Waals surface area contributed by atoms with Gasteiger partial charge < -0.3 is 5.11 Å². The molecule has 0 amide bonds. The van der Waals surface area contributed by atoms with Gasteiger partial charge in [-0.05, 0) is 26.2 Å². The Kier molecular flexibility index (Phi) is 2.98. The van der Waals surface area contributed by atoms with Crippen molar-refractivity contribution in [3.63, 3.8) is 0 Å². The highest BCUT2D eigenvalue weighted by atomic mass is 17.1. The molecular weight excluding hydrogens is 196 g/mol.